The molecule has 1 fully saturated rings. The predicted octanol–water partition coefficient (Wildman–Crippen LogP) is 2.95. The van der Waals surface area contributed by atoms with Crippen molar-refractivity contribution in [3.05, 3.63) is 34.3 Å². The minimum absolute atomic E-state index is 0.729. The SMILES string of the molecule is c1cc2c(cc1-c1nnc(CNC3CC3)s1)CCC2. The Balaban J connectivity index is 1.54. The van der Waals surface area contributed by atoms with E-state index < -0.39 is 0 Å². The topological polar surface area (TPSA) is 37.8 Å². The fraction of sp³-hybridized carbons (Fsp3) is 0.467. The number of benzene rings is 1. The lowest BCUT2D eigenvalue weighted by molar-refractivity contribution is 0.679. The molecule has 2 aliphatic rings. The first-order valence-electron chi connectivity index (χ1n) is 7.06. The Hall–Kier alpha value is -1.26. The van der Waals surface area contributed by atoms with Crippen LogP contribution in [0.2, 0.25) is 0 Å². The van der Waals surface area contributed by atoms with Crippen LogP contribution in [0.4, 0.5) is 0 Å². The van der Waals surface area contributed by atoms with Gasteiger partial charge in [-0.2, -0.15) is 0 Å². The summed E-state index contributed by atoms with van der Waals surface area (Å²) in [7, 11) is 0. The zero-order valence-electron chi connectivity index (χ0n) is 10.9. The lowest BCUT2D eigenvalue weighted by atomic mass is 10.1. The first-order valence-corrected chi connectivity index (χ1v) is 7.88. The van der Waals surface area contributed by atoms with Crippen molar-refractivity contribution in [1.82, 2.24) is 15.5 Å². The molecule has 0 radical (unpaired) electrons. The van der Waals surface area contributed by atoms with E-state index in [2.05, 4.69) is 33.7 Å². The molecule has 0 atom stereocenters. The fourth-order valence-corrected chi connectivity index (χ4v) is 3.45. The molecule has 2 aromatic rings. The van der Waals surface area contributed by atoms with Crippen LogP contribution in [0.25, 0.3) is 10.6 Å². The van der Waals surface area contributed by atoms with E-state index in [0.29, 0.717) is 0 Å². The van der Waals surface area contributed by atoms with Gasteiger partial charge in [0.25, 0.3) is 0 Å². The minimum atomic E-state index is 0.729. The highest BCUT2D eigenvalue weighted by Crippen LogP contribution is 2.30. The smallest absolute Gasteiger partial charge is 0.147 e. The van der Waals surface area contributed by atoms with E-state index in [4.69, 9.17) is 0 Å². The Bertz CT molecular complexity index is 601. The Labute approximate surface area is 117 Å². The van der Waals surface area contributed by atoms with Crippen molar-refractivity contribution in [2.75, 3.05) is 0 Å². The van der Waals surface area contributed by atoms with Crippen molar-refractivity contribution in [3.8, 4) is 10.6 Å². The highest BCUT2D eigenvalue weighted by molar-refractivity contribution is 7.14. The van der Waals surface area contributed by atoms with Crippen LogP contribution in [-0.4, -0.2) is 16.2 Å². The van der Waals surface area contributed by atoms with Crippen LogP contribution in [0.3, 0.4) is 0 Å². The van der Waals surface area contributed by atoms with Crippen molar-refractivity contribution in [3.63, 3.8) is 0 Å². The number of nitrogens with zero attached hydrogens (tertiary/aromatic N) is 2. The maximum Gasteiger partial charge on any atom is 0.147 e. The normalized spacial score (nSPS) is 17.7. The number of nitrogens with one attached hydrogen (secondary N) is 1. The third-order valence-corrected chi connectivity index (χ3v) is 4.90. The van der Waals surface area contributed by atoms with Gasteiger partial charge in [-0.15, -0.1) is 10.2 Å². The van der Waals surface area contributed by atoms with Crippen LogP contribution in [-0.2, 0) is 19.4 Å². The van der Waals surface area contributed by atoms with Crippen LogP contribution in [0.15, 0.2) is 18.2 Å². The highest BCUT2D eigenvalue weighted by Gasteiger charge is 2.21. The third-order valence-electron chi connectivity index (χ3n) is 3.93. The average molecular weight is 271 g/mol. The van der Waals surface area contributed by atoms with Crippen LogP contribution in [0.1, 0.15) is 35.4 Å². The molecule has 1 N–H and O–H groups in total. The maximum absolute atomic E-state index is 4.34. The first-order chi connectivity index (χ1) is 9.38. The van der Waals surface area contributed by atoms with E-state index in [9.17, 15) is 0 Å². The fourth-order valence-electron chi connectivity index (χ4n) is 2.67. The first kappa shape index (κ1) is 11.6. The summed E-state index contributed by atoms with van der Waals surface area (Å²) in [6.45, 7) is 0.868. The molecule has 1 saturated carbocycles. The molecule has 0 aliphatic heterocycles. The second kappa shape index (κ2) is 4.69. The molecule has 1 aromatic heterocycles. The van der Waals surface area contributed by atoms with E-state index >= 15 is 0 Å². The monoisotopic (exact) mass is 271 g/mol. The van der Waals surface area contributed by atoms with Gasteiger partial charge in [0.2, 0.25) is 0 Å². The van der Waals surface area contributed by atoms with Gasteiger partial charge in [0.15, 0.2) is 0 Å². The summed E-state index contributed by atoms with van der Waals surface area (Å²) in [5.41, 5.74) is 4.25. The molecule has 4 rings (SSSR count). The summed E-state index contributed by atoms with van der Waals surface area (Å²) in [4.78, 5) is 0. The van der Waals surface area contributed by atoms with Gasteiger partial charge in [0.1, 0.15) is 10.0 Å². The van der Waals surface area contributed by atoms with E-state index in [1.54, 1.807) is 11.3 Å². The molecule has 19 heavy (non-hydrogen) atoms. The molecule has 3 nitrogen and oxygen atoms in total. The Morgan fingerprint density at radius 2 is 2.05 bits per heavy atom. The average Bonchev–Trinajstić information content (AvgIpc) is 2.96. The minimum Gasteiger partial charge on any atom is -0.308 e. The zero-order chi connectivity index (χ0) is 12.7. The Kier molecular flexibility index (Phi) is 2.85. The van der Waals surface area contributed by atoms with Crippen LogP contribution >= 0.6 is 11.3 Å². The van der Waals surface area contributed by atoms with Crippen molar-refractivity contribution >= 4 is 11.3 Å². The molecular formula is C15H17N3S. The van der Waals surface area contributed by atoms with E-state index in [-0.39, 0.29) is 0 Å². The van der Waals surface area contributed by atoms with Crippen molar-refractivity contribution in [1.29, 1.82) is 0 Å². The summed E-state index contributed by atoms with van der Waals surface area (Å²) in [6, 6.07) is 7.50. The second-order valence-electron chi connectivity index (χ2n) is 5.49. The summed E-state index contributed by atoms with van der Waals surface area (Å²) < 4.78 is 0. The number of fused-ring (bicyclic) bond motifs is 1. The van der Waals surface area contributed by atoms with Crippen LogP contribution in [0.5, 0.6) is 0 Å². The number of aromatic nitrogens is 2. The van der Waals surface area contributed by atoms with Gasteiger partial charge in [-0.05, 0) is 49.3 Å². The van der Waals surface area contributed by atoms with Crippen molar-refractivity contribution in [2.24, 2.45) is 0 Å². The van der Waals surface area contributed by atoms with Crippen molar-refractivity contribution in [2.45, 2.75) is 44.7 Å². The molecule has 4 heteroatoms. The zero-order valence-corrected chi connectivity index (χ0v) is 11.7. The Morgan fingerprint density at radius 3 is 2.95 bits per heavy atom. The molecule has 0 spiro atoms. The van der Waals surface area contributed by atoms with Gasteiger partial charge < -0.3 is 5.32 Å². The molecule has 1 heterocycles. The molecule has 0 saturated heterocycles. The lowest BCUT2D eigenvalue weighted by Crippen LogP contribution is -2.14. The number of hydrogen-bond acceptors (Lipinski definition) is 4. The molecule has 1 aromatic carbocycles. The summed E-state index contributed by atoms with van der Waals surface area (Å²) in [5.74, 6) is 0. The van der Waals surface area contributed by atoms with Gasteiger partial charge in [-0.25, -0.2) is 0 Å². The quantitative estimate of drug-likeness (QED) is 0.929. The molecular weight excluding hydrogens is 254 g/mol. The lowest BCUT2D eigenvalue weighted by Gasteiger charge is -2.01. The highest BCUT2D eigenvalue weighted by atomic mass is 32.1. The summed E-state index contributed by atoms with van der Waals surface area (Å²) in [6.07, 6.45) is 6.39. The van der Waals surface area contributed by atoms with E-state index in [0.717, 1.165) is 22.6 Å². The number of rotatable bonds is 4. The summed E-state index contributed by atoms with van der Waals surface area (Å²) in [5, 5.41) is 14.3. The molecule has 2 aliphatic carbocycles. The van der Waals surface area contributed by atoms with Gasteiger partial charge >= 0.3 is 0 Å². The van der Waals surface area contributed by atoms with Crippen LogP contribution in [0, 0.1) is 0 Å². The maximum atomic E-state index is 4.34. The second-order valence-corrected chi connectivity index (χ2v) is 6.56. The van der Waals surface area contributed by atoms with E-state index in [1.165, 1.54) is 48.8 Å². The van der Waals surface area contributed by atoms with Crippen molar-refractivity contribution < 1.29 is 0 Å². The standard InChI is InChI=1S/C15H17N3S/c1-2-10-4-5-12(8-11(10)3-1)15-18-17-14(19-15)9-16-13-6-7-13/h4-5,8,13,16H,1-3,6-7,9H2. The van der Waals surface area contributed by atoms with Gasteiger partial charge in [-0.1, -0.05) is 23.5 Å². The molecule has 98 valence electrons. The Morgan fingerprint density at radius 1 is 1.16 bits per heavy atom. The van der Waals surface area contributed by atoms with Gasteiger partial charge in [-0.3, -0.25) is 0 Å². The molecule has 0 amide bonds. The predicted molar refractivity (Wildman–Crippen MR) is 77.2 cm³/mol. The number of hydrogen-bond donors (Lipinski definition) is 1. The molecule has 0 unspecified atom stereocenters. The summed E-state index contributed by atoms with van der Waals surface area (Å²) >= 11 is 1.72. The molecule has 0 bridgehead atoms. The largest absolute Gasteiger partial charge is 0.308 e. The van der Waals surface area contributed by atoms with Gasteiger partial charge in [0.05, 0.1) is 0 Å². The number of aryl methyl sites for hydroxylation is 2. The van der Waals surface area contributed by atoms with E-state index in [1.807, 2.05) is 0 Å². The van der Waals surface area contributed by atoms with Gasteiger partial charge in [0, 0.05) is 18.2 Å². The third kappa shape index (κ3) is 2.42. The van der Waals surface area contributed by atoms with Crippen LogP contribution < -0.4 is 5.32 Å².